The van der Waals surface area contributed by atoms with Crippen molar-refractivity contribution in [2.45, 2.75) is 19.6 Å². The van der Waals surface area contributed by atoms with Gasteiger partial charge in [-0.2, -0.15) is 0 Å². The summed E-state index contributed by atoms with van der Waals surface area (Å²) < 4.78 is 30.5. The number of hydrogen-bond acceptors (Lipinski definition) is 5. The van der Waals surface area contributed by atoms with Gasteiger partial charge in [-0.25, -0.2) is 4.39 Å². The normalized spacial score (nSPS) is 16.4. The number of hydrogen-bond donors (Lipinski definition) is 1. The van der Waals surface area contributed by atoms with Gasteiger partial charge in [0, 0.05) is 16.8 Å². The Morgan fingerprint density at radius 3 is 2.69 bits per heavy atom. The molecule has 2 aliphatic rings. The molecule has 0 fully saturated rings. The van der Waals surface area contributed by atoms with Gasteiger partial charge in [-0.1, -0.05) is 18.2 Å². The second-order valence-corrected chi connectivity index (χ2v) is 7.48. The summed E-state index contributed by atoms with van der Waals surface area (Å²) in [5.41, 5.74) is 1.71. The number of nitrogens with one attached hydrogen (secondary N) is 1. The van der Waals surface area contributed by atoms with Crippen molar-refractivity contribution in [3.8, 4) is 17.2 Å². The minimum atomic E-state index is -0.705. The van der Waals surface area contributed by atoms with Crippen LogP contribution in [-0.4, -0.2) is 24.7 Å². The number of rotatable bonds is 4. The largest absolute Gasteiger partial charge is 0.479 e. The Hall–Kier alpha value is -4.07. The van der Waals surface area contributed by atoms with E-state index in [9.17, 15) is 14.0 Å². The highest BCUT2D eigenvalue weighted by molar-refractivity contribution is 6.06. The van der Waals surface area contributed by atoms with E-state index in [0.717, 1.165) is 0 Å². The minimum Gasteiger partial charge on any atom is -0.479 e. The van der Waals surface area contributed by atoms with E-state index in [2.05, 4.69) is 5.32 Å². The molecular formula is C24H19FN2O5. The third-order valence-corrected chi connectivity index (χ3v) is 5.35. The smallest absolute Gasteiger partial charge is 0.268 e. The van der Waals surface area contributed by atoms with E-state index in [0.29, 0.717) is 39.8 Å². The number of nitrogens with zero attached hydrogens (tertiary/aromatic N) is 1. The van der Waals surface area contributed by atoms with E-state index in [4.69, 9.17) is 14.2 Å². The second-order valence-electron chi connectivity index (χ2n) is 7.48. The first-order chi connectivity index (χ1) is 15.5. The Kier molecular flexibility index (Phi) is 4.89. The van der Waals surface area contributed by atoms with Gasteiger partial charge in [0.2, 0.25) is 6.79 Å². The number of carbonyl (C=O) groups excluding carboxylic acids is 2. The predicted molar refractivity (Wildman–Crippen MR) is 115 cm³/mol. The van der Waals surface area contributed by atoms with Crippen LogP contribution in [0.5, 0.6) is 17.2 Å². The SMILES string of the molecule is CC1Oc2ccc(NC(=O)c3ccc4c(c3)OCO4)cc2N(Cc2ccccc2F)C1=O. The van der Waals surface area contributed by atoms with Crippen LogP contribution in [0.25, 0.3) is 0 Å². The standard InChI is InChI=1S/C24H19FN2O5/c1-14-24(29)27(12-16-4-2-3-5-18(16)25)19-11-17(7-9-20(19)32-14)26-23(28)15-6-8-21-22(10-15)31-13-30-21/h2-11,14H,12-13H2,1H3,(H,26,28). The average molecular weight is 434 g/mol. The van der Waals surface area contributed by atoms with E-state index in [-0.39, 0.29) is 25.2 Å². The maximum Gasteiger partial charge on any atom is 0.268 e. The van der Waals surface area contributed by atoms with Gasteiger partial charge in [-0.05, 0) is 49.4 Å². The first-order valence-electron chi connectivity index (χ1n) is 10.1. The van der Waals surface area contributed by atoms with Crippen molar-refractivity contribution in [3.63, 3.8) is 0 Å². The summed E-state index contributed by atoms with van der Waals surface area (Å²) in [6, 6.07) is 16.2. The zero-order chi connectivity index (χ0) is 22.2. The van der Waals surface area contributed by atoms with Crippen LogP contribution < -0.4 is 24.4 Å². The van der Waals surface area contributed by atoms with Crippen molar-refractivity contribution in [3.05, 3.63) is 77.6 Å². The number of ether oxygens (including phenoxy) is 3. The average Bonchev–Trinajstić information content (AvgIpc) is 3.26. The van der Waals surface area contributed by atoms with Crippen LogP contribution in [-0.2, 0) is 11.3 Å². The Morgan fingerprint density at radius 1 is 1.06 bits per heavy atom. The maximum atomic E-state index is 14.2. The molecule has 2 amide bonds. The topological polar surface area (TPSA) is 77.1 Å². The molecular weight excluding hydrogens is 415 g/mol. The first kappa shape index (κ1) is 19.9. The summed E-state index contributed by atoms with van der Waals surface area (Å²) in [5, 5.41) is 2.82. The van der Waals surface area contributed by atoms with Crippen molar-refractivity contribution < 1.29 is 28.2 Å². The number of carbonyl (C=O) groups is 2. The molecule has 3 aromatic carbocycles. The van der Waals surface area contributed by atoms with Crippen molar-refractivity contribution in [2.24, 2.45) is 0 Å². The maximum absolute atomic E-state index is 14.2. The van der Waals surface area contributed by atoms with Gasteiger partial charge in [-0.3, -0.25) is 9.59 Å². The van der Waals surface area contributed by atoms with Crippen molar-refractivity contribution >= 4 is 23.2 Å². The lowest BCUT2D eigenvalue weighted by Crippen LogP contribution is -2.44. The zero-order valence-electron chi connectivity index (χ0n) is 17.1. The molecule has 1 N–H and O–H groups in total. The van der Waals surface area contributed by atoms with E-state index < -0.39 is 11.9 Å². The van der Waals surface area contributed by atoms with Crippen molar-refractivity contribution in [1.82, 2.24) is 0 Å². The Labute approximate surface area is 183 Å². The fourth-order valence-electron chi connectivity index (χ4n) is 3.69. The summed E-state index contributed by atoms with van der Waals surface area (Å²) in [6.07, 6.45) is -0.705. The highest BCUT2D eigenvalue weighted by Crippen LogP contribution is 2.38. The number of benzene rings is 3. The van der Waals surface area contributed by atoms with Gasteiger partial charge in [0.05, 0.1) is 12.2 Å². The molecule has 8 heteroatoms. The van der Waals surface area contributed by atoms with Gasteiger partial charge >= 0.3 is 0 Å². The molecule has 2 heterocycles. The van der Waals surface area contributed by atoms with Crippen LogP contribution in [0.1, 0.15) is 22.8 Å². The van der Waals surface area contributed by atoms with Gasteiger partial charge < -0.3 is 24.4 Å². The molecule has 0 saturated carbocycles. The second kappa shape index (κ2) is 7.88. The molecule has 2 aliphatic heterocycles. The molecule has 0 radical (unpaired) electrons. The fourth-order valence-corrected chi connectivity index (χ4v) is 3.69. The van der Waals surface area contributed by atoms with E-state index in [1.54, 1.807) is 61.5 Å². The molecule has 1 unspecified atom stereocenters. The lowest BCUT2D eigenvalue weighted by atomic mass is 10.1. The molecule has 162 valence electrons. The quantitative estimate of drug-likeness (QED) is 0.669. The third kappa shape index (κ3) is 3.60. The van der Waals surface area contributed by atoms with E-state index in [1.807, 2.05) is 0 Å². The van der Waals surface area contributed by atoms with E-state index in [1.165, 1.54) is 11.0 Å². The lowest BCUT2D eigenvalue weighted by Gasteiger charge is -2.33. The third-order valence-electron chi connectivity index (χ3n) is 5.35. The molecule has 32 heavy (non-hydrogen) atoms. The molecule has 1 atom stereocenters. The summed E-state index contributed by atoms with van der Waals surface area (Å²) in [7, 11) is 0. The predicted octanol–water partition coefficient (Wildman–Crippen LogP) is 4.12. The number of anilines is 2. The zero-order valence-corrected chi connectivity index (χ0v) is 17.1. The monoisotopic (exact) mass is 434 g/mol. The first-order valence-corrected chi connectivity index (χ1v) is 10.1. The summed E-state index contributed by atoms with van der Waals surface area (Å²) in [4.78, 5) is 27.0. The van der Waals surface area contributed by atoms with Gasteiger partial charge in [0.1, 0.15) is 11.6 Å². The van der Waals surface area contributed by atoms with Crippen LogP contribution in [0.3, 0.4) is 0 Å². The number of fused-ring (bicyclic) bond motifs is 2. The summed E-state index contributed by atoms with van der Waals surface area (Å²) in [5.74, 6) is 0.541. The lowest BCUT2D eigenvalue weighted by molar-refractivity contribution is -0.125. The molecule has 0 bridgehead atoms. The summed E-state index contributed by atoms with van der Waals surface area (Å²) in [6.45, 7) is 1.82. The van der Waals surface area contributed by atoms with Crippen LogP contribution in [0.15, 0.2) is 60.7 Å². The van der Waals surface area contributed by atoms with Gasteiger partial charge in [-0.15, -0.1) is 0 Å². The number of halogens is 1. The van der Waals surface area contributed by atoms with Crippen LogP contribution in [0, 0.1) is 5.82 Å². The molecule has 3 aromatic rings. The Morgan fingerprint density at radius 2 is 1.84 bits per heavy atom. The van der Waals surface area contributed by atoms with Crippen molar-refractivity contribution in [2.75, 3.05) is 17.0 Å². The number of amides is 2. The van der Waals surface area contributed by atoms with Gasteiger partial charge in [0.15, 0.2) is 17.6 Å². The molecule has 7 nitrogen and oxygen atoms in total. The molecule has 0 spiro atoms. The van der Waals surface area contributed by atoms with Crippen LogP contribution in [0.4, 0.5) is 15.8 Å². The van der Waals surface area contributed by atoms with E-state index >= 15 is 0 Å². The molecule has 0 aliphatic carbocycles. The highest BCUT2D eigenvalue weighted by atomic mass is 19.1. The molecule has 5 rings (SSSR count). The summed E-state index contributed by atoms with van der Waals surface area (Å²) >= 11 is 0. The van der Waals surface area contributed by atoms with Crippen LogP contribution >= 0.6 is 0 Å². The fraction of sp³-hybridized carbons (Fsp3) is 0.167. The Balaban J connectivity index is 1.43. The van der Waals surface area contributed by atoms with Crippen molar-refractivity contribution in [1.29, 1.82) is 0 Å². The Bertz CT molecular complexity index is 1230. The minimum absolute atomic E-state index is 0.0474. The molecule has 0 aromatic heterocycles. The van der Waals surface area contributed by atoms with Gasteiger partial charge in [0.25, 0.3) is 11.8 Å². The van der Waals surface area contributed by atoms with Crippen LogP contribution in [0.2, 0.25) is 0 Å². The highest BCUT2D eigenvalue weighted by Gasteiger charge is 2.32. The molecule has 0 saturated heterocycles.